The van der Waals surface area contributed by atoms with E-state index in [0.29, 0.717) is 6.42 Å². The molecule has 16 heavy (non-hydrogen) atoms. The third-order valence-electron chi connectivity index (χ3n) is 2.60. The SMILES string of the molecule is Cc1cc(F)ccc1CC(C)(C)CC(=O)O. The van der Waals surface area contributed by atoms with Crippen LogP contribution in [0.5, 0.6) is 0 Å². The highest BCUT2D eigenvalue weighted by Crippen LogP contribution is 2.27. The van der Waals surface area contributed by atoms with Crippen LogP contribution < -0.4 is 0 Å². The number of halogens is 1. The molecule has 0 atom stereocenters. The summed E-state index contributed by atoms with van der Waals surface area (Å²) in [5.74, 6) is -1.05. The Morgan fingerprint density at radius 2 is 2.06 bits per heavy atom. The molecule has 3 heteroatoms. The third-order valence-corrected chi connectivity index (χ3v) is 2.60. The Morgan fingerprint density at radius 3 is 2.56 bits per heavy atom. The van der Waals surface area contributed by atoms with Gasteiger partial charge in [-0.15, -0.1) is 0 Å². The van der Waals surface area contributed by atoms with Crippen LogP contribution in [0.3, 0.4) is 0 Å². The van der Waals surface area contributed by atoms with Crippen LogP contribution in [0.25, 0.3) is 0 Å². The van der Waals surface area contributed by atoms with Crippen molar-refractivity contribution >= 4 is 5.97 Å². The van der Waals surface area contributed by atoms with Gasteiger partial charge in [-0.25, -0.2) is 4.39 Å². The molecule has 0 spiro atoms. The van der Waals surface area contributed by atoms with Gasteiger partial charge in [-0.05, 0) is 42.0 Å². The highest BCUT2D eigenvalue weighted by Gasteiger charge is 2.22. The number of carboxylic acids is 1. The van der Waals surface area contributed by atoms with Gasteiger partial charge >= 0.3 is 5.97 Å². The molecule has 0 bridgehead atoms. The quantitative estimate of drug-likeness (QED) is 0.852. The average molecular weight is 224 g/mol. The van der Waals surface area contributed by atoms with Crippen molar-refractivity contribution in [3.05, 3.63) is 35.1 Å². The van der Waals surface area contributed by atoms with E-state index in [2.05, 4.69) is 0 Å². The largest absolute Gasteiger partial charge is 0.481 e. The lowest BCUT2D eigenvalue weighted by Gasteiger charge is -2.23. The van der Waals surface area contributed by atoms with Gasteiger partial charge < -0.3 is 5.11 Å². The van der Waals surface area contributed by atoms with Crippen molar-refractivity contribution < 1.29 is 14.3 Å². The Balaban J connectivity index is 2.83. The van der Waals surface area contributed by atoms with Crippen LogP contribution in [-0.4, -0.2) is 11.1 Å². The van der Waals surface area contributed by atoms with Crippen molar-refractivity contribution in [2.24, 2.45) is 5.41 Å². The molecule has 0 aromatic heterocycles. The molecule has 0 fully saturated rings. The molecule has 0 saturated carbocycles. The molecule has 88 valence electrons. The predicted molar refractivity (Wildman–Crippen MR) is 60.9 cm³/mol. The van der Waals surface area contributed by atoms with E-state index in [1.54, 1.807) is 6.07 Å². The Hall–Kier alpha value is -1.38. The fourth-order valence-electron chi connectivity index (χ4n) is 1.85. The number of carbonyl (C=O) groups is 1. The molecule has 0 saturated heterocycles. The van der Waals surface area contributed by atoms with Crippen molar-refractivity contribution in [2.75, 3.05) is 0 Å². The molecule has 1 rings (SSSR count). The molecular weight excluding hydrogens is 207 g/mol. The van der Waals surface area contributed by atoms with Crippen molar-refractivity contribution in [1.29, 1.82) is 0 Å². The van der Waals surface area contributed by atoms with Crippen molar-refractivity contribution in [3.63, 3.8) is 0 Å². The number of aliphatic carboxylic acids is 1. The summed E-state index contributed by atoms with van der Waals surface area (Å²) >= 11 is 0. The fraction of sp³-hybridized carbons (Fsp3) is 0.462. The first-order valence-corrected chi connectivity index (χ1v) is 5.27. The maximum atomic E-state index is 12.9. The summed E-state index contributed by atoms with van der Waals surface area (Å²) in [6.07, 6.45) is 0.759. The summed E-state index contributed by atoms with van der Waals surface area (Å²) < 4.78 is 12.9. The molecule has 1 aromatic rings. The zero-order valence-corrected chi connectivity index (χ0v) is 9.88. The molecule has 0 radical (unpaired) electrons. The van der Waals surface area contributed by atoms with E-state index in [0.717, 1.165) is 11.1 Å². The van der Waals surface area contributed by atoms with E-state index < -0.39 is 5.97 Å². The van der Waals surface area contributed by atoms with Crippen molar-refractivity contribution in [1.82, 2.24) is 0 Å². The molecule has 0 amide bonds. The summed E-state index contributed by atoms with van der Waals surface area (Å²) in [5, 5.41) is 8.78. The fourth-order valence-corrected chi connectivity index (χ4v) is 1.85. The lowest BCUT2D eigenvalue weighted by molar-refractivity contribution is -0.139. The molecule has 0 aliphatic rings. The van der Waals surface area contributed by atoms with Crippen LogP contribution in [0.2, 0.25) is 0 Å². The van der Waals surface area contributed by atoms with Crippen molar-refractivity contribution in [2.45, 2.75) is 33.6 Å². The molecule has 0 aliphatic carbocycles. The van der Waals surface area contributed by atoms with E-state index >= 15 is 0 Å². The number of hydrogen-bond acceptors (Lipinski definition) is 1. The number of hydrogen-bond donors (Lipinski definition) is 1. The first-order valence-electron chi connectivity index (χ1n) is 5.27. The molecular formula is C13H17FO2. The second kappa shape index (κ2) is 4.64. The summed E-state index contributed by atoms with van der Waals surface area (Å²) in [4.78, 5) is 10.7. The van der Waals surface area contributed by atoms with Gasteiger partial charge in [0.2, 0.25) is 0 Å². The smallest absolute Gasteiger partial charge is 0.303 e. The van der Waals surface area contributed by atoms with Gasteiger partial charge in [-0.2, -0.15) is 0 Å². The van der Waals surface area contributed by atoms with E-state index in [1.807, 2.05) is 20.8 Å². The standard InChI is InChI=1S/C13H17FO2/c1-9-6-11(14)5-4-10(9)7-13(2,3)8-12(15)16/h4-6H,7-8H2,1-3H3,(H,15,16). The van der Waals surface area contributed by atoms with Crippen LogP contribution in [0, 0.1) is 18.2 Å². The highest BCUT2D eigenvalue weighted by atomic mass is 19.1. The Morgan fingerprint density at radius 1 is 1.44 bits per heavy atom. The van der Waals surface area contributed by atoms with Crippen LogP contribution in [0.1, 0.15) is 31.4 Å². The molecule has 1 N–H and O–H groups in total. The van der Waals surface area contributed by atoms with Gasteiger partial charge in [-0.3, -0.25) is 4.79 Å². The van der Waals surface area contributed by atoms with Crippen LogP contribution >= 0.6 is 0 Å². The van der Waals surface area contributed by atoms with Crippen LogP contribution in [0.4, 0.5) is 4.39 Å². The predicted octanol–water partition coefficient (Wildman–Crippen LogP) is 3.18. The molecule has 1 aromatic carbocycles. The van der Waals surface area contributed by atoms with Gasteiger partial charge in [0.25, 0.3) is 0 Å². The second-order valence-corrected chi connectivity index (χ2v) is 4.98. The molecule has 0 unspecified atom stereocenters. The van der Waals surface area contributed by atoms with Crippen LogP contribution in [-0.2, 0) is 11.2 Å². The number of carboxylic acid groups (broad SMARTS) is 1. The Bertz CT molecular complexity index is 397. The minimum atomic E-state index is -0.801. The Labute approximate surface area is 95.1 Å². The number of aryl methyl sites for hydroxylation is 1. The first-order chi connectivity index (χ1) is 7.30. The molecule has 0 heterocycles. The maximum absolute atomic E-state index is 12.9. The maximum Gasteiger partial charge on any atom is 0.303 e. The van der Waals surface area contributed by atoms with Gasteiger partial charge in [0, 0.05) is 0 Å². The lowest BCUT2D eigenvalue weighted by atomic mass is 9.81. The average Bonchev–Trinajstić information content (AvgIpc) is 2.07. The number of rotatable bonds is 4. The van der Waals surface area contributed by atoms with Gasteiger partial charge in [0.15, 0.2) is 0 Å². The van der Waals surface area contributed by atoms with Gasteiger partial charge in [0.05, 0.1) is 6.42 Å². The summed E-state index contributed by atoms with van der Waals surface area (Å²) in [7, 11) is 0. The topological polar surface area (TPSA) is 37.3 Å². The van der Waals surface area contributed by atoms with Crippen LogP contribution in [0.15, 0.2) is 18.2 Å². The Kier molecular flexibility index (Phi) is 3.68. The summed E-state index contributed by atoms with van der Waals surface area (Å²) in [5.41, 5.74) is 1.57. The summed E-state index contributed by atoms with van der Waals surface area (Å²) in [6, 6.07) is 4.62. The highest BCUT2D eigenvalue weighted by molar-refractivity contribution is 5.67. The van der Waals surface area contributed by atoms with Gasteiger partial charge in [0.1, 0.15) is 5.82 Å². The zero-order chi connectivity index (χ0) is 12.3. The second-order valence-electron chi connectivity index (χ2n) is 4.98. The minimum absolute atomic E-state index is 0.115. The first kappa shape index (κ1) is 12.7. The minimum Gasteiger partial charge on any atom is -0.481 e. The van der Waals surface area contributed by atoms with Crippen molar-refractivity contribution in [3.8, 4) is 0 Å². The van der Waals surface area contributed by atoms with E-state index in [9.17, 15) is 9.18 Å². The third kappa shape index (κ3) is 3.65. The normalized spacial score (nSPS) is 11.5. The summed E-state index contributed by atoms with van der Waals surface area (Å²) in [6.45, 7) is 5.66. The monoisotopic (exact) mass is 224 g/mol. The molecule has 2 nitrogen and oxygen atoms in total. The van der Waals surface area contributed by atoms with Gasteiger partial charge in [-0.1, -0.05) is 19.9 Å². The zero-order valence-electron chi connectivity index (χ0n) is 9.88. The molecule has 0 aliphatic heterocycles. The van der Waals surface area contributed by atoms with E-state index in [4.69, 9.17) is 5.11 Å². The van der Waals surface area contributed by atoms with E-state index in [1.165, 1.54) is 12.1 Å². The lowest BCUT2D eigenvalue weighted by Crippen LogP contribution is -2.20. The number of benzene rings is 1. The van der Waals surface area contributed by atoms with E-state index in [-0.39, 0.29) is 17.7 Å².